The number of benzene rings is 2. The van der Waals surface area contributed by atoms with Crippen LogP contribution in [0.3, 0.4) is 0 Å². The molecule has 0 fully saturated rings. The van der Waals surface area contributed by atoms with Crippen LogP contribution in [0.1, 0.15) is 11.3 Å². The highest BCUT2D eigenvalue weighted by Crippen LogP contribution is 2.32. The Bertz CT molecular complexity index is 1280. The fourth-order valence-corrected chi connectivity index (χ4v) is 4.49. The van der Waals surface area contributed by atoms with Gasteiger partial charge in [0, 0.05) is 24.8 Å². The average molecular weight is 459 g/mol. The van der Waals surface area contributed by atoms with E-state index >= 15 is 0 Å². The summed E-state index contributed by atoms with van der Waals surface area (Å²) in [5.74, 6) is 1.05. The Balaban J connectivity index is 1.68. The minimum absolute atomic E-state index is 0.00919. The molecule has 4 rings (SSSR count). The van der Waals surface area contributed by atoms with Gasteiger partial charge in [-0.05, 0) is 23.8 Å². The molecule has 166 valence electrons. The number of imidazole rings is 1. The first-order chi connectivity index (χ1) is 15.5. The molecule has 2 aromatic carbocycles. The Kier molecular flexibility index (Phi) is 6.31. The summed E-state index contributed by atoms with van der Waals surface area (Å²) in [6, 6.07) is 13.2. The Morgan fingerprint density at radius 2 is 1.91 bits per heavy atom. The normalized spacial score (nSPS) is 12.2. The van der Waals surface area contributed by atoms with Crippen molar-refractivity contribution in [3.63, 3.8) is 0 Å². The maximum atomic E-state index is 13.4. The summed E-state index contributed by atoms with van der Waals surface area (Å²) in [7, 11) is 1.43. The first-order valence-electron chi connectivity index (χ1n) is 9.50. The monoisotopic (exact) mass is 459 g/mol. The van der Waals surface area contributed by atoms with Crippen LogP contribution in [0.2, 0.25) is 0 Å². The molecule has 0 radical (unpaired) electrons. The molecule has 7 nitrogen and oxygen atoms in total. The van der Waals surface area contributed by atoms with Crippen molar-refractivity contribution in [2.45, 2.75) is 23.1 Å². The van der Waals surface area contributed by atoms with E-state index in [-0.39, 0.29) is 10.9 Å². The zero-order valence-corrected chi connectivity index (χ0v) is 18.0. The molecule has 1 atom stereocenters. The SMILES string of the molecule is COc1ccnc(Cc2ccccc2S(=O)c2nc3ccc(OC(F)F)cc3[nH]2)c1OC. The molecule has 0 amide bonds. The van der Waals surface area contributed by atoms with Crippen molar-refractivity contribution in [1.29, 1.82) is 0 Å². The maximum absolute atomic E-state index is 13.4. The first kappa shape index (κ1) is 21.7. The average Bonchev–Trinajstić information content (AvgIpc) is 3.22. The molecule has 10 heteroatoms. The quantitative estimate of drug-likeness (QED) is 0.422. The number of hydrogen-bond acceptors (Lipinski definition) is 6. The van der Waals surface area contributed by atoms with E-state index in [2.05, 4.69) is 19.7 Å². The molecule has 1 unspecified atom stereocenters. The summed E-state index contributed by atoms with van der Waals surface area (Å²) < 4.78 is 53.5. The predicted octanol–water partition coefficient (Wildman–Crippen LogP) is 4.33. The topological polar surface area (TPSA) is 86.3 Å². The van der Waals surface area contributed by atoms with Crippen molar-refractivity contribution in [3.8, 4) is 17.2 Å². The van der Waals surface area contributed by atoms with Crippen molar-refractivity contribution in [3.05, 3.63) is 66.0 Å². The van der Waals surface area contributed by atoms with E-state index in [9.17, 15) is 13.0 Å². The van der Waals surface area contributed by atoms with Gasteiger partial charge >= 0.3 is 6.61 Å². The molecule has 0 aliphatic carbocycles. The molecule has 1 N–H and O–H groups in total. The predicted molar refractivity (Wildman–Crippen MR) is 114 cm³/mol. The first-order valence-corrected chi connectivity index (χ1v) is 10.6. The Morgan fingerprint density at radius 3 is 2.66 bits per heavy atom. The minimum atomic E-state index is -2.93. The number of ether oxygens (including phenoxy) is 3. The standard InChI is InChI=1S/C22H19F2N3O4S/c1-29-18-9-10-25-17(20(18)30-2)11-13-5-3-4-6-19(13)32(28)22-26-15-8-7-14(31-21(23)24)12-16(15)27-22/h3-10,12,21H,11H2,1-2H3,(H,26,27). The van der Waals surface area contributed by atoms with Crippen LogP contribution in [0.15, 0.2) is 64.8 Å². The summed E-state index contributed by atoms with van der Waals surface area (Å²) in [4.78, 5) is 12.2. The molecule has 0 aliphatic rings. The molecule has 0 bridgehead atoms. The summed E-state index contributed by atoms with van der Waals surface area (Å²) in [5.41, 5.74) is 2.34. The molecule has 0 saturated carbocycles. The van der Waals surface area contributed by atoms with E-state index in [0.717, 1.165) is 5.56 Å². The lowest BCUT2D eigenvalue weighted by Gasteiger charge is -2.13. The molecule has 4 aromatic rings. The van der Waals surface area contributed by atoms with Gasteiger partial charge in [0.15, 0.2) is 11.5 Å². The van der Waals surface area contributed by atoms with E-state index < -0.39 is 17.4 Å². The second-order valence-corrected chi connectivity index (χ2v) is 8.01. The molecule has 0 aliphatic heterocycles. The van der Waals surface area contributed by atoms with Crippen LogP contribution in [-0.2, 0) is 17.2 Å². The van der Waals surface area contributed by atoms with E-state index in [1.807, 2.05) is 12.1 Å². The van der Waals surface area contributed by atoms with Crippen LogP contribution >= 0.6 is 0 Å². The molecular formula is C22H19F2N3O4S. The van der Waals surface area contributed by atoms with Crippen molar-refractivity contribution in [2.24, 2.45) is 0 Å². The van der Waals surface area contributed by atoms with E-state index in [0.29, 0.717) is 39.5 Å². The zero-order valence-electron chi connectivity index (χ0n) is 17.2. The third-order valence-electron chi connectivity index (χ3n) is 4.73. The zero-order chi connectivity index (χ0) is 22.7. The second kappa shape index (κ2) is 9.31. The van der Waals surface area contributed by atoms with Crippen molar-refractivity contribution < 1.29 is 27.2 Å². The van der Waals surface area contributed by atoms with E-state index in [1.165, 1.54) is 25.3 Å². The van der Waals surface area contributed by atoms with Gasteiger partial charge in [0.05, 0.1) is 35.8 Å². The van der Waals surface area contributed by atoms with Crippen LogP contribution < -0.4 is 14.2 Å². The molecule has 2 aromatic heterocycles. The molecule has 32 heavy (non-hydrogen) atoms. The van der Waals surface area contributed by atoms with Crippen molar-refractivity contribution in [1.82, 2.24) is 15.0 Å². The third kappa shape index (κ3) is 4.40. The van der Waals surface area contributed by atoms with Crippen LogP contribution in [-0.4, -0.2) is 40.0 Å². The number of fused-ring (bicyclic) bond motifs is 1. The largest absolute Gasteiger partial charge is 0.493 e. The number of nitrogens with one attached hydrogen (secondary N) is 1. The smallest absolute Gasteiger partial charge is 0.387 e. The highest BCUT2D eigenvalue weighted by Gasteiger charge is 2.19. The van der Waals surface area contributed by atoms with E-state index in [1.54, 1.807) is 31.5 Å². The van der Waals surface area contributed by atoms with E-state index in [4.69, 9.17) is 9.47 Å². The van der Waals surface area contributed by atoms with Gasteiger partial charge in [0.1, 0.15) is 16.5 Å². The Labute approximate surface area is 184 Å². The number of methoxy groups -OCH3 is 2. The van der Waals surface area contributed by atoms with Gasteiger partial charge in [-0.25, -0.2) is 9.19 Å². The van der Waals surface area contributed by atoms with Gasteiger partial charge < -0.3 is 19.2 Å². The van der Waals surface area contributed by atoms with Gasteiger partial charge in [-0.15, -0.1) is 0 Å². The fourth-order valence-electron chi connectivity index (χ4n) is 3.32. The fraction of sp³-hybridized carbons (Fsp3) is 0.182. The molecule has 0 saturated heterocycles. The van der Waals surface area contributed by atoms with Gasteiger partial charge in [-0.2, -0.15) is 8.78 Å². The number of aromatic amines is 1. The van der Waals surface area contributed by atoms with Crippen molar-refractivity contribution >= 4 is 21.8 Å². The van der Waals surface area contributed by atoms with Gasteiger partial charge in [-0.3, -0.25) is 4.98 Å². The Morgan fingerprint density at radius 1 is 1.09 bits per heavy atom. The summed E-state index contributed by atoms with van der Waals surface area (Å²) in [6.45, 7) is -2.93. The lowest BCUT2D eigenvalue weighted by molar-refractivity contribution is -0.0497. The molecular weight excluding hydrogens is 440 g/mol. The highest BCUT2D eigenvalue weighted by molar-refractivity contribution is 7.85. The number of aromatic nitrogens is 3. The van der Waals surface area contributed by atoms with Crippen LogP contribution in [0.25, 0.3) is 11.0 Å². The molecule has 2 heterocycles. The van der Waals surface area contributed by atoms with Crippen molar-refractivity contribution in [2.75, 3.05) is 14.2 Å². The van der Waals surface area contributed by atoms with Gasteiger partial charge in [-0.1, -0.05) is 18.2 Å². The summed E-state index contributed by atoms with van der Waals surface area (Å²) >= 11 is 0. The number of H-pyrrole nitrogens is 1. The van der Waals surface area contributed by atoms with Gasteiger partial charge in [0.2, 0.25) is 5.16 Å². The maximum Gasteiger partial charge on any atom is 0.387 e. The molecule has 0 spiro atoms. The lowest BCUT2D eigenvalue weighted by Crippen LogP contribution is -2.04. The number of rotatable bonds is 8. The highest BCUT2D eigenvalue weighted by atomic mass is 32.2. The van der Waals surface area contributed by atoms with Crippen LogP contribution in [0.4, 0.5) is 8.78 Å². The summed E-state index contributed by atoms with van der Waals surface area (Å²) in [6.07, 6.45) is 1.98. The number of alkyl halides is 2. The number of nitrogens with zero attached hydrogens (tertiary/aromatic N) is 2. The minimum Gasteiger partial charge on any atom is -0.493 e. The third-order valence-corrected chi connectivity index (χ3v) is 6.07. The summed E-state index contributed by atoms with van der Waals surface area (Å²) in [5, 5.41) is 0.201. The Hall–Kier alpha value is -3.53. The van der Waals surface area contributed by atoms with Crippen LogP contribution in [0.5, 0.6) is 17.2 Å². The number of pyridine rings is 1. The van der Waals surface area contributed by atoms with Gasteiger partial charge in [0.25, 0.3) is 0 Å². The lowest BCUT2D eigenvalue weighted by atomic mass is 10.1. The number of halogens is 2. The second-order valence-electron chi connectivity index (χ2n) is 6.65. The van der Waals surface area contributed by atoms with Crippen LogP contribution in [0, 0.1) is 0 Å². The number of hydrogen-bond donors (Lipinski definition) is 1.